The van der Waals surface area contributed by atoms with Gasteiger partial charge in [-0.15, -0.1) is 0 Å². The van der Waals surface area contributed by atoms with Crippen molar-refractivity contribution in [2.24, 2.45) is 0 Å². The molecular weight excluding hydrogens is 360 g/mol. The first-order valence-electron chi connectivity index (χ1n) is 6.82. The number of halogens is 1. The van der Waals surface area contributed by atoms with E-state index in [1.165, 1.54) is 6.20 Å². The van der Waals surface area contributed by atoms with E-state index in [2.05, 4.69) is 36.7 Å². The van der Waals surface area contributed by atoms with Crippen LogP contribution in [0.3, 0.4) is 0 Å². The van der Waals surface area contributed by atoms with Gasteiger partial charge in [0.2, 0.25) is 0 Å². The van der Waals surface area contributed by atoms with E-state index < -0.39 is 0 Å². The number of hydrogen-bond acceptors (Lipinski definition) is 5. The molecule has 0 saturated carbocycles. The van der Waals surface area contributed by atoms with Gasteiger partial charge < -0.3 is 15.2 Å². The Balaban J connectivity index is 1.73. The zero-order chi connectivity index (χ0) is 16.2. The van der Waals surface area contributed by atoms with Crippen molar-refractivity contribution in [3.05, 3.63) is 64.6 Å². The van der Waals surface area contributed by atoms with E-state index in [0.29, 0.717) is 28.5 Å². The van der Waals surface area contributed by atoms with Crippen LogP contribution in [0.1, 0.15) is 16.1 Å². The number of hydrogen-bond donors (Lipinski definition) is 2. The van der Waals surface area contributed by atoms with Gasteiger partial charge in [-0.3, -0.25) is 9.78 Å². The molecule has 116 valence electrons. The number of aromatic nitrogens is 2. The van der Waals surface area contributed by atoms with Crippen LogP contribution in [0, 0.1) is 6.92 Å². The molecule has 0 aliphatic rings. The van der Waals surface area contributed by atoms with Crippen LogP contribution >= 0.6 is 15.9 Å². The summed E-state index contributed by atoms with van der Waals surface area (Å²) in [5, 5.41) is 9.70. The fourth-order valence-corrected chi connectivity index (χ4v) is 2.21. The Kier molecular flexibility index (Phi) is 4.38. The average molecular weight is 373 g/mol. The minimum atomic E-state index is -0.236. The number of nitrogens with zero attached hydrogens (tertiary/aromatic N) is 2. The van der Waals surface area contributed by atoms with Crippen molar-refractivity contribution in [1.82, 2.24) is 10.1 Å². The summed E-state index contributed by atoms with van der Waals surface area (Å²) in [6.45, 7) is 1.80. The van der Waals surface area contributed by atoms with E-state index in [1.54, 1.807) is 25.3 Å². The first-order valence-corrected chi connectivity index (χ1v) is 7.62. The minimum absolute atomic E-state index is 0.236. The molecule has 0 radical (unpaired) electrons. The summed E-state index contributed by atoms with van der Waals surface area (Å²) < 4.78 is 5.94. The molecule has 0 saturated heterocycles. The molecule has 1 aromatic carbocycles. The average Bonchev–Trinajstić information content (AvgIpc) is 2.95. The molecule has 23 heavy (non-hydrogen) atoms. The summed E-state index contributed by atoms with van der Waals surface area (Å²) in [5.41, 5.74) is 1.81. The standard InChI is InChI=1S/C16H13BrN4O2/c1-10-6-15(21-23-10)19-14-7-11(8-18-9-14)16(22)20-13-4-2-12(17)3-5-13/h2-9H,1H3,(H,19,21)(H,20,22). The van der Waals surface area contributed by atoms with Gasteiger partial charge in [-0.05, 0) is 37.3 Å². The SMILES string of the molecule is Cc1cc(Nc2cncc(C(=O)Nc3ccc(Br)cc3)c2)no1. The molecule has 6 nitrogen and oxygen atoms in total. The number of pyridine rings is 1. The van der Waals surface area contributed by atoms with Crippen molar-refractivity contribution in [3.8, 4) is 0 Å². The summed E-state index contributed by atoms with van der Waals surface area (Å²) in [6.07, 6.45) is 3.12. The van der Waals surface area contributed by atoms with Crippen molar-refractivity contribution >= 4 is 39.0 Å². The Morgan fingerprint density at radius 3 is 2.61 bits per heavy atom. The normalized spacial score (nSPS) is 10.3. The van der Waals surface area contributed by atoms with E-state index >= 15 is 0 Å². The van der Waals surface area contributed by atoms with Crippen molar-refractivity contribution < 1.29 is 9.32 Å². The number of nitrogens with one attached hydrogen (secondary N) is 2. The van der Waals surface area contributed by atoms with Gasteiger partial charge in [-0.1, -0.05) is 21.1 Å². The van der Waals surface area contributed by atoms with Crippen LogP contribution in [-0.4, -0.2) is 16.0 Å². The van der Waals surface area contributed by atoms with Crippen LogP contribution in [0.15, 0.2) is 57.8 Å². The third-order valence-electron chi connectivity index (χ3n) is 3.00. The second-order valence-corrected chi connectivity index (χ2v) is 5.79. The van der Waals surface area contributed by atoms with Gasteiger partial charge in [0.25, 0.3) is 5.91 Å². The molecule has 0 aliphatic heterocycles. The number of benzene rings is 1. The second kappa shape index (κ2) is 6.62. The quantitative estimate of drug-likeness (QED) is 0.719. The molecule has 1 amide bonds. The predicted molar refractivity (Wildman–Crippen MR) is 90.9 cm³/mol. The molecule has 3 rings (SSSR count). The summed E-state index contributed by atoms with van der Waals surface area (Å²) >= 11 is 3.35. The van der Waals surface area contributed by atoms with Crippen LogP contribution in [0.2, 0.25) is 0 Å². The topological polar surface area (TPSA) is 80.0 Å². The summed E-state index contributed by atoms with van der Waals surface area (Å²) in [7, 11) is 0. The molecule has 0 fully saturated rings. The Morgan fingerprint density at radius 2 is 1.91 bits per heavy atom. The Hall–Kier alpha value is -2.67. The number of anilines is 3. The number of carbonyl (C=O) groups is 1. The van der Waals surface area contributed by atoms with E-state index in [-0.39, 0.29) is 5.91 Å². The zero-order valence-electron chi connectivity index (χ0n) is 12.2. The number of rotatable bonds is 4. The highest BCUT2D eigenvalue weighted by Crippen LogP contribution is 2.18. The highest BCUT2D eigenvalue weighted by atomic mass is 79.9. The van der Waals surface area contributed by atoms with Gasteiger partial charge in [0.15, 0.2) is 5.82 Å². The molecular formula is C16H13BrN4O2. The maximum atomic E-state index is 12.3. The molecule has 2 aromatic heterocycles. The van der Waals surface area contributed by atoms with Gasteiger partial charge in [0.1, 0.15) is 5.76 Å². The molecule has 2 heterocycles. The molecule has 0 unspecified atom stereocenters. The first-order chi connectivity index (χ1) is 11.1. The lowest BCUT2D eigenvalue weighted by molar-refractivity contribution is 0.102. The third-order valence-corrected chi connectivity index (χ3v) is 3.53. The van der Waals surface area contributed by atoms with E-state index in [1.807, 2.05) is 24.3 Å². The minimum Gasteiger partial charge on any atom is -0.360 e. The lowest BCUT2D eigenvalue weighted by Crippen LogP contribution is -2.12. The lowest BCUT2D eigenvalue weighted by atomic mass is 10.2. The Labute approximate surface area is 141 Å². The number of aryl methyl sites for hydroxylation is 1. The predicted octanol–water partition coefficient (Wildman–Crippen LogP) is 4.14. The Bertz CT molecular complexity index is 830. The van der Waals surface area contributed by atoms with Gasteiger partial charge in [-0.2, -0.15) is 0 Å². The molecule has 3 aromatic rings. The third kappa shape index (κ3) is 3.95. The molecule has 0 aliphatic carbocycles. The summed E-state index contributed by atoms with van der Waals surface area (Å²) in [6, 6.07) is 10.8. The maximum Gasteiger partial charge on any atom is 0.257 e. The van der Waals surface area contributed by atoms with Crippen molar-refractivity contribution in [1.29, 1.82) is 0 Å². The fraction of sp³-hybridized carbons (Fsp3) is 0.0625. The smallest absolute Gasteiger partial charge is 0.257 e. The van der Waals surface area contributed by atoms with E-state index in [0.717, 1.165) is 4.47 Å². The van der Waals surface area contributed by atoms with Crippen LogP contribution in [-0.2, 0) is 0 Å². The van der Waals surface area contributed by atoms with Crippen molar-refractivity contribution in [3.63, 3.8) is 0 Å². The van der Waals surface area contributed by atoms with Gasteiger partial charge in [-0.25, -0.2) is 0 Å². The second-order valence-electron chi connectivity index (χ2n) is 4.87. The molecule has 2 N–H and O–H groups in total. The lowest BCUT2D eigenvalue weighted by Gasteiger charge is -2.07. The maximum absolute atomic E-state index is 12.3. The summed E-state index contributed by atoms with van der Waals surface area (Å²) in [4.78, 5) is 16.4. The summed E-state index contributed by atoms with van der Waals surface area (Å²) in [5.74, 6) is 1.03. The fourth-order valence-electron chi connectivity index (χ4n) is 1.94. The number of amides is 1. The van der Waals surface area contributed by atoms with Crippen LogP contribution in [0.25, 0.3) is 0 Å². The number of carbonyl (C=O) groups excluding carboxylic acids is 1. The molecule has 0 atom stereocenters. The first kappa shape index (κ1) is 15.2. The highest BCUT2D eigenvalue weighted by molar-refractivity contribution is 9.10. The van der Waals surface area contributed by atoms with E-state index in [4.69, 9.17) is 4.52 Å². The molecule has 0 spiro atoms. The van der Waals surface area contributed by atoms with Crippen molar-refractivity contribution in [2.45, 2.75) is 6.92 Å². The largest absolute Gasteiger partial charge is 0.360 e. The van der Waals surface area contributed by atoms with Crippen LogP contribution < -0.4 is 10.6 Å². The van der Waals surface area contributed by atoms with Crippen molar-refractivity contribution in [2.75, 3.05) is 10.6 Å². The molecule has 7 heteroatoms. The molecule has 0 bridgehead atoms. The Morgan fingerprint density at radius 1 is 1.13 bits per heavy atom. The monoisotopic (exact) mass is 372 g/mol. The van der Waals surface area contributed by atoms with Crippen LogP contribution in [0.5, 0.6) is 0 Å². The van der Waals surface area contributed by atoms with Crippen LogP contribution in [0.4, 0.5) is 17.2 Å². The highest BCUT2D eigenvalue weighted by Gasteiger charge is 2.09. The van der Waals surface area contributed by atoms with E-state index in [9.17, 15) is 4.79 Å². The van der Waals surface area contributed by atoms with Gasteiger partial charge in [0.05, 0.1) is 17.4 Å². The van der Waals surface area contributed by atoms with Gasteiger partial charge in [0, 0.05) is 22.4 Å². The zero-order valence-corrected chi connectivity index (χ0v) is 13.8. The van der Waals surface area contributed by atoms with Gasteiger partial charge >= 0.3 is 0 Å².